The Labute approximate surface area is 154 Å². The Morgan fingerprint density at radius 3 is 2.85 bits per heavy atom. The lowest BCUT2D eigenvalue weighted by Gasteiger charge is -2.22. The summed E-state index contributed by atoms with van der Waals surface area (Å²) in [6, 6.07) is 3.42. The molecule has 0 saturated heterocycles. The molecule has 0 amide bonds. The van der Waals surface area contributed by atoms with Crippen molar-refractivity contribution in [1.82, 2.24) is 4.98 Å². The zero-order valence-corrected chi connectivity index (χ0v) is 15.8. The van der Waals surface area contributed by atoms with E-state index in [1.807, 2.05) is 25.7 Å². The number of nitriles is 1. The van der Waals surface area contributed by atoms with Gasteiger partial charge in [-0.1, -0.05) is 12.7 Å². The van der Waals surface area contributed by atoms with Gasteiger partial charge in [-0.25, -0.2) is 14.4 Å². The highest BCUT2D eigenvalue weighted by Crippen LogP contribution is 2.20. The van der Waals surface area contributed by atoms with Gasteiger partial charge < -0.3 is 15.0 Å². The Bertz CT molecular complexity index is 721. The van der Waals surface area contributed by atoms with Gasteiger partial charge in [0.2, 0.25) is 0 Å². The van der Waals surface area contributed by atoms with E-state index in [9.17, 15) is 4.39 Å². The highest BCUT2D eigenvalue weighted by atomic mass is 19.1. The number of ether oxygens (including phenoxy) is 1. The number of aromatic nitrogens is 1. The minimum absolute atomic E-state index is 0.288. The summed E-state index contributed by atoms with van der Waals surface area (Å²) in [4.78, 5) is 10.3. The highest BCUT2D eigenvalue weighted by Gasteiger charge is 2.12. The average molecular weight is 359 g/mol. The van der Waals surface area contributed by atoms with Crippen LogP contribution in [0.15, 0.2) is 41.3 Å². The molecule has 1 N–H and O–H groups in total. The maximum atomic E-state index is 14.4. The number of allylic oxidation sites excluding steroid dienone is 2. The largest absolute Gasteiger partial charge is 0.383 e. The second kappa shape index (κ2) is 11.0. The van der Waals surface area contributed by atoms with Crippen LogP contribution >= 0.6 is 0 Å². The van der Waals surface area contributed by atoms with Crippen molar-refractivity contribution in [3.8, 4) is 6.07 Å². The van der Waals surface area contributed by atoms with Crippen molar-refractivity contribution in [1.29, 1.82) is 5.26 Å². The van der Waals surface area contributed by atoms with Crippen molar-refractivity contribution in [3.63, 3.8) is 0 Å². The molecule has 1 aromatic rings. The van der Waals surface area contributed by atoms with Gasteiger partial charge in [0.25, 0.3) is 0 Å². The summed E-state index contributed by atoms with van der Waals surface area (Å²) in [7, 11) is 1.61. The van der Waals surface area contributed by atoms with Crippen molar-refractivity contribution in [3.05, 3.63) is 42.1 Å². The van der Waals surface area contributed by atoms with Gasteiger partial charge >= 0.3 is 0 Å². The first-order chi connectivity index (χ1) is 12.4. The second-order valence-corrected chi connectivity index (χ2v) is 5.62. The first-order valence-corrected chi connectivity index (χ1v) is 8.37. The Balaban J connectivity index is 2.84. The number of likely N-dealkylation sites (N-methyl/N-ethyl adjacent to an activating group) is 1. The van der Waals surface area contributed by atoms with E-state index in [1.165, 1.54) is 6.07 Å². The van der Waals surface area contributed by atoms with E-state index in [2.05, 4.69) is 27.9 Å². The van der Waals surface area contributed by atoms with Crippen molar-refractivity contribution >= 4 is 17.2 Å². The van der Waals surface area contributed by atoms with E-state index >= 15 is 0 Å². The maximum Gasteiger partial charge on any atom is 0.167 e. The van der Waals surface area contributed by atoms with Crippen LogP contribution in [0.2, 0.25) is 0 Å². The van der Waals surface area contributed by atoms with Gasteiger partial charge in [-0.3, -0.25) is 0 Å². The summed E-state index contributed by atoms with van der Waals surface area (Å²) in [5, 5.41) is 11.5. The highest BCUT2D eigenvalue weighted by molar-refractivity contribution is 5.98. The molecule has 0 saturated carbocycles. The number of nitrogens with zero attached hydrogens (tertiary/aromatic N) is 4. The number of anilines is 2. The molecule has 6 nitrogen and oxygen atoms in total. The Kier molecular flexibility index (Phi) is 9.02. The lowest BCUT2D eigenvalue weighted by atomic mass is 10.2. The molecule has 0 fully saturated rings. The van der Waals surface area contributed by atoms with Crippen molar-refractivity contribution in [2.24, 2.45) is 4.99 Å². The summed E-state index contributed by atoms with van der Waals surface area (Å²) < 4.78 is 19.4. The summed E-state index contributed by atoms with van der Waals surface area (Å²) in [6.45, 7) is 11.2. The number of nitrogens with one attached hydrogen (secondary N) is 1. The zero-order chi connectivity index (χ0) is 19.5. The lowest BCUT2D eigenvalue weighted by Crippen LogP contribution is -2.28. The van der Waals surface area contributed by atoms with Crippen LogP contribution in [0.1, 0.15) is 27.2 Å². The van der Waals surface area contributed by atoms with Gasteiger partial charge in [-0.15, -0.1) is 0 Å². The molecule has 1 rings (SSSR count). The fraction of sp³-hybridized carbons (Fsp3) is 0.421. The second-order valence-electron chi connectivity index (χ2n) is 5.62. The summed E-state index contributed by atoms with van der Waals surface area (Å²) >= 11 is 0. The number of methoxy groups -OCH3 is 1. The molecule has 0 unspecified atom stereocenters. The molecule has 0 aromatic carbocycles. The SMILES string of the molecule is C=C(N=C(C)/C(C)=C\CC#N)Nc1cnc(N(CC)CCOC)c(F)c1. The molecule has 0 radical (unpaired) electrons. The molecule has 0 aliphatic rings. The molecule has 1 aromatic heterocycles. The maximum absolute atomic E-state index is 14.4. The van der Waals surface area contributed by atoms with Gasteiger partial charge in [-0.2, -0.15) is 5.26 Å². The van der Waals surface area contributed by atoms with Crippen molar-refractivity contribution in [2.75, 3.05) is 37.0 Å². The van der Waals surface area contributed by atoms with E-state index in [-0.39, 0.29) is 5.82 Å². The lowest BCUT2D eigenvalue weighted by molar-refractivity contribution is 0.205. The third-order valence-electron chi connectivity index (χ3n) is 3.73. The Morgan fingerprint density at radius 1 is 1.54 bits per heavy atom. The predicted molar refractivity (Wildman–Crippen MR) is 104 cm³/mol. The van der Waals surface area contributed by atoms with Gasteiger partial charge in [0.05, 0.1) is 31.0 Å². The normalized spacial score (nSPS) is 11.8. The third-order valence-corrected chi connectivity index (χ3v) is 3.73. The van der Waals surface area contributed by atoms with E-state index in [0.29, 0.717) is 37.6 Å². The molecule has 140 valence electrons. The van der Waals surface area contributed by atoms with Crippen LogP contribution in [0.5, 0.6) is 0 Å². The quantitative estimate of drug-likeness (QED) is 0.642. The molecule has 0 spiro atoms. The molecule has 0 bridgehead atoms. The topological polar surface area (TPSA) is 73.5 Å². The number of pyridine rings is 1. The fourth-order valence-electron chi connectivity index (χ4n) is 2.18. The summed E-state index contributed by atoms with van der Waals surface area (Å²) in [5.41, 5.74) is 2.10. The first kappa shape index (κ1) is 21.3. The van der Waals surface area contributed by atoms with Crippen LogP contribution < -0.4 is 10.2 Å². The molecule has 0 aliphatic carbocycles. The minimum atomic E-state index is -0.424. The predicted octanol–water partition coefficient (Wildman–Crippen LogP) is 3.90. The van der Waals surface area contributed by atoms with Gasteiger partial charge in [0.1, 0.15) is 5.82 Å². The van der Waals surface area contributed by atoms with Crippen LogP contribution in [0.25, 0.3) is 0 Å². The molecule has 0 atom stereocenters. The third kappa shape index (κ3) is 6.65. The van der Waals surface area contributed by atoms with Gasteiger partial charge in [0.15, 0.2) is 11.6 Å². The smallest absolute Gasteiger partial charge is 0.167 e. The van der Waals surface area contributed by atoms with Crippen LogP contribution in [-0.4, -0.2) is 37.5 Å². The summed E-state index contributed by atoms with van der Waals surface area (Å²) in [6.07, 6.45) is 3.66. The molecule has 7 heteroatoms. The van der Waals surface area contributed by atoms with Crippen LogP contribution in [-0.2, 0) is 4.74 Å². The summed E-state index contributed by atoms with van der Waals surface area (Å²) in [5.74, 6) is 0.232. The molecular formula is C19H26FN5O. The Morgan fingerprint density at radius 2 is 2.27 bits per heavy atom. The standard InChI is InChI=1S/C19H26FN5O/c1-6-25(10-11-26-5)19-18(20)12-17(13-22-19)24-16(4)23-15(3)14(2)8-7-9-21/h8,12-13,24H,4,6-7,10-11H2,1-3,5H3/b14-8-,23-15?. The number of rotatable bonds is 10. The monoisotopic (exact) mass is 359 g/mol. The number of hydrogen-bond acceptors (Lipinski definition) is 6. The average Bonchev–Trinajstić information content (AvgIpc) is 2.61. The van der Waals surface area contributed by atoms with E-state index in [4.69, 9.17) is 10.00 Å². The van der Waals surface area contributed by atoms with Crippen molar-refractivity contribution in [2.45, 2.75) is 27.2 Å². The van der Waals surface area contributed by atoms with Crippen LogP contribution in [0, 0.1) is 17.1 Å². The van der Waals surface area contributed by atoms with E-state index in [1.54, 1.807) is 19.4 Å². The van der Waals surface area contributed by atoms with E-state index in [0.717, 1.165) is 11.3 Å². The molecule has 26 heavy (non-hydrogen) atoms. The van der Waals surface area contributed by atoms with Gasteiger partial charge in [0, 0.05) is 32.0 Å². The minimum Gasteiger partial charge on any atom is -0.383 e. The number of hydrogen-bond donors (Lipinski definition) is 1. The zero-order valence-electron chi connectivity index (χ0n) is 15.8. The van der Waals surface area contributed by atoms with Gasteiger partial charge in [-0.05, 0) is 26.3 Å². The van der Waals surface area contributed by atoms with Crippen molar-refractivity contribution < 1.29 is 9.13 Å². The van der Waals surface area contributed by atoms with E-state index < -0.39 is 5.82 Å². The Hall–Kier alpha value is -2.72. The number of halogens is 1. The fourth-order valence-corrected chi connectivity index (χ4v) is 2.18. The first-order valence-electron chi connectivity index (χ1n) is 8.37. The number of aliphatic imine (C=N–C) groups is 1. The van der Waals surface area contributed by atoms with Crippen LogP contribution in [0.3, 0.4) is 0 Å². The van der Waals surface area contributed by atoms with Crippen LogP contribution in [0.4, 0.5) is 15.9 Å². The molecule has 0 aliphatic heterocycles. The molecular weight excluding hydrogens is 333 g/mol. The molecule has 1 heterocycles.